The summed E-state index contributed by atoms with van der Waals surface area (Å²) in [6.45, 7) is 4.56. The zero-order chi connectivity index (χ0) is 19.8. The zero-order valence-corrected chi connectivity index (χ0v) is 17.8. The van der Waals surface area contributed by atoms with E-state index in [-0.39, 0.29) is 0 Å². The van der Waals surface area contributed by atoms with Gasteiger partial charge in [0, 0.05) is 12.0 Å². The largest absolute Gasteiger partial charge is 0.475 e. The van der Waals surface area contributed by atoms with Crippen molar-refractivity contribution >= 4 is 17.3 Å². The van der Waals surface area contributed by atoms with Gasteiger partial charge in [0.2, 0.25) is 0 Å². The Morgan fingerprint density at radius 2 is 2.00 bits per heavy atom. The third-order valence-corrected chi connectivity index (χ3v) is 6.05. The summed E-state index contributed by atoms with van der Waals surface area (Å²) in [5.74, 6) is 0.652. The average molecular weight is 403 g/mol. The second kappa shape index (κ2) is 10.1. The molecule has 0 bridgehead atoms. The van der Waals surface area contributed by atoms with E-state index in [4.69, 9.17) is 4.74 Å². The van der Waals surface area contributed by atoms with Crippen molar-refractivity contribution in [2.45, 2.75) is 51.7 Å². The summed E-state index contributed by atoms with van der Waals surface area (Å²) in [7, 11) is 2.13. The third-order valence-electron chi connectivity index (χ3n) is 5.54. The number of aromatic nitrogens is 2. The highest BCUT2D eigenvalue weighted by Gasteiger charge is 2.35. The molecule has 1 aliphatic rings. The van der Waals surface area contributed by atoms with E-state index in [9.17, 15) is 5.11 Å². The number of hydrogen-bond acceptors (Lipinski definition) is 5. The lowest BCUT2D eigenvalue weighted by molar-refractivity contribution is -0.948. The van der Waals surface area contributed by atoms with Crippen molar-refractivity contribution in [3.63, 3.8) is 0 Å². The number of nitrogens with zero attached hydrogens (tertiary/aromatic N) is 3. The van der Waals surface area contributed by atoms with Crippen LogP contribution in [-0.4, -0.2) is 51.3 Å². The lowest BCUT2D eigenvalue weighted by atomic mass is 10.0. The fourth-order valence-electron chi connectivity index (χ4n) is 3.71. The minimum atomic E-state index is -0.448. The molecule has 1 aliphatic heterocycles. The number of aliphatic hydroxyl groups excluding tert-OH is 1. The SMILES string of the molecule is CCCCCCOc1nsnc1C1=CCC[N+](C)(C(O)Cc2ccccc2)C1. The molecule has 0 fully saturated rings. The molecule has 3 rings (SSSR count). The minimum absolute atomic E-state index is 0.448. The van der Waals surface area contributed by atoms with Crippen molar-refractivity contribution in [3.05, 3.63) is 47.7 Å². The van der Waals surface area contributed by atoms with Gasteiger partial charge in [0.05, 0.1) is 38.3 Å². The minimum Gasteiger partial charge on any atom is -0.475 e. The predicted octanol–water partition coefficient (Wildman–Crippen LogP) is 4.29. The molecule has 6 heteroatoms. The smallest absolute Gasteiger partial charge is 0.253 e. The molecule has 0 radical (unpaired) electrons. The number of aliphatic hydroxyl groups is 1. The van der Waals surface area contributed by atoms with Gasteiger partial charge in [-0.2, -0.15) is 4.37 Å². The van der Waals surface area contributed by atoms with Crippen molar-refractivity contribution in [2.24, 2.45) is 0 Å². The van der Waals surface area contributed by atoms with Gasteiger partial charge in [-0.25, -0.2) is 0 Å². The first-order valence-electron chi connectivity index (χ1n) is 10.3. The molecule has 28 heavy (non-hydrogen) atoms. The molecule has 0 saturated carbocycles. The molecule has 5 nitrogen and oxygen atoms in total. The van der Waals surface area contributed by atoms with Crippen LogP contribution in [0.3, 0.4) is 0 Å². The molecule has 1 aromatic heterocycles. The van der Waals surface area contributed by atoms with E-state index in [1.807, 2.05) is 18.2 Å². The maximum absolute atomic E-state index is 11.0. The Hall–Kier alpha value is -1.76. The molecule has 2 atom stereocenters. The Labute approximate surface area is 172 Å². The number of likely N-dealkylation sites (N-methyl/N-ethyl adjacent to an activating group) is 1. The van der Waals surface area contributed by atoms with Crippen molar-refractivity contribution in [2.75, 3.05) is 26.7 Å². The molecular formula is C22H32N3O2S+. The highest BCUT2D eigenvalue weighted by atomic mass is 32.1. The second-order valence-corrected chi connectivity index (χ2v) is 8.41. The van der Waals surface area contributed by atoms with Crippen LogP contribution in [0.5, 0.6) is 5.88 Å². The molecule has 0 amide bonds. The lowest BCUT2D eigenvalue weighted by Crippen LogP contribution is -2.55. The highest BCUT2D eigenvalue weighted by Crippen LogP contribution is 2.31. The number of hydrogen-bond donors (Lipinski definition) is 1. The van der Waals surface area contributed by atoms with Gasteiger partial charge in [-0.1, -0.05) is 62.6 Å². The molecule has 0 aliphatic carbocycles. The average Bonchev–Trinajstić information content (AvgIpc) is 3.17. The first kappa shape index (κ1) is 21.0. The van der Waals surface area contributed by atoms with E-state index in [2.05, 4.69) is 40.9 Å². The molecule has 152 valence electrons. The number of ether oxygens (including phenoxy) is 1. The highest BCUT2D eigenvalue weighted by molar-refractivity contribution is 6.99. The number of rotatable bonds is 10. The molecule has 1 aromatic carbocycles. The van der Waals surface area contributed by atoms with Gasteiger partial charge in [-0.15, -0.1) is 4.37 Å². The fourth-order valence-corrected chi connectivity index (χ4v) is 4.24. The van der Waals surface area contributed by atoms with Gasteiger partial charge in [-0.3, -0.25) is 4.48 Å². The Morgan fingerprint density at radius 1 is 1.18 bits per heavy atom. The summed E-state index contributed by atoms with van der Waals surface area (Å²) in [6.07, 6.45) is 8.06. The van der Waals surface area contributed by atoms with Crippen molar-refractivity contribution in [3.8, 4) is 5.88 Å². The van der Waals surface area contributed by atoms with Gasteiger partial charge in [-0.05, 0) is 12.0 Å². The standard InChI is InChI=1S/C22H32N3O2S/c1-3-4-5-9-15-27-22-21(23-28-24-22)19-13-10-14-25(2,17-19)20(26)16-18-11-7-6-8-12-18/h6-8,11-13,20,26H,3-5,9-10,14-17H2,1-2H3/q+1. The molecule has 0 spiro atoms. The predicted molar refractivity (Wildman–Crippen MR) is 114 cm³/mol. The van der Waals surface area contributed by atoms with Crippen LogP contribution >= 0.6 is 11.7 Å². The summed E-state index contributed by atoms with van der Waals surface area (Å²) in [5.41, 5.74) is 3.16. The first-order chi connectivity index (χ1) is 13.6. The Morgan fingerprint density at radius 3 is 2.79 bits per heavy atom. The topological polar surface area (TPSA) is 55.2 Å². The van der Waals surface area contributed by atoms with Crippen LogP contribution in [-0.2, 0) is 6.42 Å². The summed E-state index contributed by atoms with van der Waals surface area (Å²) >= 11 is 1.20. The van der Waals surface area contributed by atoms with E-state index in [0.29, 0.717) is 23.4 Å². The van der Waals surface area contributed by atoms with E-state index >= 15 is 0 Å². The summed E-state index contributed by atoms with van der Waals surface area (Å²) < 4.78 is 15.4. The summed E-state index contributed by atoms with van der Waals surface area (Å²) in [6, 6.07) is 10.2. The fraction of sp³-hybridized carbons (Fsp3) is 0.545. The van der Waals surface area contributed by atoms with Crippen molar-refractivity contribution < 1.29 is 14.3 Å². The number of benzene rings is 1. The van der Waals surface area contributed by atoms with Gasteiger partial charge in [0.25, 0.3) is 5.88 Å². The lowest BCUT2D eigenvalue weighted by Gasteiger charge is -2.41. The van der Waals surface area contributed by atoms with Gasteiger partial charge < -0.3 is 9.84 Å². The van der Waals surface area contributed by atoms with Crippen LogP contribution in [0, 0.1) is 0 Å². The summed E-state index contributed by atoms with van der Waals surface area (Å²) in [5, 5.41) is 11.0. The van der Waals surface area contributed by atoms with Crippen LogP contribution in [0.1, 0.15) is 50.3 Å². The maximum Gasteiger partial charge on any atom is 0.253 e. The molecule has 0 saturated heterocycles. The van der Waals surface area contributed by atoms with Crippen molar-refractivity contribution in [1.29, 1.82) is 0 Å². The van der Waals surface area contributed by atoms with Crippen molar-refractivity contribution in [1.82, 2.24) is 8.75 Å². The number of quaternary nitrogens is 1. The Bertz CT molecular complexity index is 762. The zero-order valence-electron chi connectivity index (χ0n) is 17.0. The molecule has 2 aromatic rings. The first-order valence-corrected chi connectivity index (χ1v) is 11.1. The molecule has 2 heterocycles. The van der Waals surface area contributed by atoms with Gasteiger partial charge >= 0.3 is 0 Å². The quantitative estimate of drug-likeness (QED) is 0.476. The maximum atomic E-state index is 11.0. The molecular weight excluding hydrogens is 370 g/mol. The van der Waals surface area contributed by atoms with Crippen LogP contribution in [0.2, 0.25) is 0 Å². The van der Waals surface area contributed by atoms with E-state index < -0.39 is 6.23 Å². The third kappa shape index (κ3) is 5.40. The Kier molecular flexibility index (Phi) is 7.59. The van der Waals surface area contributed by atoms with Crippen LogP contribution in [0.4, 0.5) is 0 Å². The normalized spacial score (nSPS) is 20.6. The van der Waals surface area contributed by atoms with Crippen LogP contribution in [0.25, 0.3) is 5.57 Å². The monoisotopic (exact) mass is 402 g/mol. The summed E-state index contributed by atoms with van der Waals surface area (Å²) in [4.78, 5) is 0. The molecule has 2 unspecified atom stereocenters. The van der Waals surface area contributed by atoms with E-state index in [1.54, 1.807) is 0 Å². The Balaban J connectivity index is 1.63. The van der Waals surface area contributed by atoms with Crippen LogP contribution < -0.4 is 4.74 Å². The number of unbranched alkanes of at least 4 members (excludes halogenated alkanes) is 3. The second-order valence-electron chi connectivity index (χ2n) is 7.88. The van der Waals surface area contributed by atoms with E-state index in [1.165, 1.54) is 31.0 Å². The van der Waals surface area contributed by atoms with E-state index in [0.717, 1.165) is 42.8 Å². The van der Waals surface area contributed by atoms with Gasteiger partial charge in [0.15, 0.2) is 6.23 Å². The van der Waals surface area contributed by atoms with Crippen LogP contribution in [0.15, 0.2) is 36.4 Å². The molecule has 1 N–H and O–H groups in total. The van der Waals surface area contributed by atoms with Gasteiger partial charge in [0.1, 0.15) is 12.2 Å².